The molecule has 0 atom stereocenters. The monoisotopic (exact) mass is 323 g/mol. The van der Waals surface area contributed by atoms with Crippen molar-refractivity contribution in [2.45, 2.75) is 13.0 Å². The van der Waals surface area contributed by atoms with E-state index in [0.29, 0.717) is 18.2 Å². The van der Waals surface area contributed by atoms with Crippen LogP contribution in [0.3, 0.4) is 0 Å². The molecule has 4 rings (SSSR count). The molecule has 0 aromatic carbocycles. The average molecular weight is 323 g/mol. The Morgan fingerprint density at radius 1 is 1.29 bits per heavy atom. The first-order valence-electron chi connectivity index (χ1n) is 7.77. The zero-order chi connectivity index (χ0) is 16.5. The Kier molecular flexibility index (Phi) is 3.49. The van der Waals surface area contributed by atoms with E-state index in [1.807, 2.05) is 36.0 Å². The number of hydrogen-bond donors (Lipinski definition) is 2. The van der Waals surface area contributed by atoms with Gasteiger partial charge in [0.15, 0.2) is 0 Å². The van der Waals surface area contributed by atoms with Crippen molar-refractivity contribution in [3.63, 3.8) is 0 Å². The van der Waals surface area contributed by atoms with Gasteiger partial charge < -0.3 is 15.2 Å². The number of nitrogens with one attached hydrogen (secondary N) is 2. The molecule has 0 saturated carbocycles. The summed E-state index contributed by atoms with van der Waals surface area (Å²) in [7, 11) is 1.84. The number of carbonyl (C=O) groups excluding carboxylic acids is 1. The van der Waals surface area contributed by atoms with Crippen molar-refractivity contribution < 1.29 is 4.79 Å². The molecule has 2 N–H and O–H groups in total. The third-order valence-corrected chi connectivity index (χ3v) is 4.00. The molecule has 122 valence electrons. The van der Waals surface area contributed by atoms with Gasteiger partial charge in [0, 0.05) is 44.2 Å². The molecule has 1 aliphatic heterocycles. The summed E-state index contributed by atoms with van der Waals surface area (Å²) in [5, 5.41) is 10.1. The summed E-state index contributed by atoms with van der Waals surface area (Å²) in [5.41, 5.74) is 2.34. The second-order valence-corrected chi connectivity index (χ2v) is 5.65. The maximum Gasteiger partial charge on any atom is 0.267 e. The quantitative estimate of drug-likeness (QED) is 0.763. The molecule has 3 aromatic heterocycles. The van der Waals surface area contributed by atoms with E-state index < -0.39 is 0 Å². The van der Waals surface area contributed by atoms with E-state index in [4.69, 9.17) is 0 Å². The lowest BCUT2D eigenvalue weighted by atomic mass is 10.2. The van der Waals surface area contributed by atoms with E-state index in [1.54, 1.807) is 17.1 Å². The highest BCUT2D eigenvalue weighted by Gasteiger charge is 2.17. The zero-order valence-corrected chi connectivity index (χ0v) is 13.2. The normalized spacial score (nSPS) is 14.0. The molecule has 1 amide bonds. The van der Waals surface area contributed by atoms with E-state index in [0.717, 1.165) is 30.0 Å². The summed E-state index contributed by atoms with van der Waals surface area (Å²) >= 11 is 0. The SMILES string of the molecule is Cn1nccc1Nc1nccc(-c2cc3n(c2)CCCNC3=O)n1. The summed E-state index contributed by atoms with van der Waals surface area (Å²) in [6.07, 6.45) is 6.29. The van der Waals surface area contributed by atoms with Gasteiger partial charge in [-0.25, -0.2) is 9.97 Å². The van der Waals surface area contributed by atoms with Crippen molar-refractivity contribution in [1.82, 2.24) is 29.6 Å². The highest BCUT2D eigenvalue weighted by atomic mass is 16.1. The molecule has 0 fully saturated rings. The predicted molar refractivity (Wildman–Crippen MR) is 88.9 cm³/mol. The average Bonchev–Trinajstić information content (AvgIpc) is 3.15. The summed E-state index contributed by atoms with van der Waals surface area (Å²) < 4.78 is 3.69. The molecule has 0 saturated heterocycles. The van der Waals surface area contributed by atoms with Crippen molar-refractivity contribution in [3.05, 3.63) is 42.5 Å². The van der Waals surface area contributed by atoms with Crippen molar-refractivity contribution >= 4 is 17.7 Å². The Morgan fingerprint density at radius 2 is 2.21 bits per heavy atom. The Balaban J connectivity index is 1.65. The van der Waals surface area contributed by atoms with Gasteiger partial charge in [-0.2, -0.15) is 5.10 Å². The first-order chi connectivity index (χ1) is 11.7. The summed E-state index contributed by atoms with van der Waals surface area (Å²) in [4.78, 5) is 20.9. The number of amides is 1. The van der Waals surface area contributed by atoms with E-state index in [-0.39, 0.29) is 5.91 Å². The second-order valence-electron chi connectivity index (χ2n) is 5.65. The predicted octanol–water partition coefficient (Wildman–Crippen LogP) is 1.56. The van der Waals surface area contributed by atoms with E-state index in [2.05, 4.69) is 25.7 Å². The molecule has 4 heterocycles. The van der Waals surface area contributed by atoms with E-state index >= 15 is 0 Å². The molecule has 8 nitrogen and oxygen atoms in total. The van der Waals surface area contributed by atoms with Crippen LogP contribution in [0.5, 0.6) is 0 Å². The van der Waals surface area contributed by atoms with E-state index in [9.17, 15) is 4.79 Å². The minimum Gasteiger partial charge on any atom is -0.351 e. The fraction of sp³-hybridized carbons (Fsp3) is 0.250. The fourth-order valence-electron chi connectivity index (χ4n) is 2.76. The molecule has 3 aromatic rings. The van der Waals surface area contributed by atoms with Crippen LogP contribution < -0.4 is 10.6 Å². The molecule has 0 unspecified atom stereocenters. The first-order valence-corrected chi connectivity index (χ1v) is 7.77. The van der Waals surface area contributed by atoms with Crippen LogP contribution >= 0.6 is 0 Å². The van der Waals surface area contributed by atoms with Crippen molar-refractivity contribution in [1.29, 1.82) is 0 Å². The zero-order valence-electron chi connectivity index (χ0n) is 13.2. The highest BCUT2D eigenvalue weighted by Crippen LogP contribution is 2.23. The van der Waals surface area contributed by atoms with Gasteiger partial charge in [-0.1, -0.05) is 0 Å². The standard InChI is InChI=1S/C16H17N7O/c1-22-14(4-7-19-22)21-16-18-6-3-12(20-16)11-9-13-15(24)17-5-2-8-23(13)10-11/h3-4,6-7,9-10H,2,5,8H2,1H3,(H,17,24)(H,18,20,21). The van der Waals surface area contributed by atoms with Crippen molar-refractivity contribution in [3.8, 4) is 11.3 Å². The van der Waals surface area contributed by atoms with Crippen LogP contribution in [0, 0.1) is 0 Å². The van der Waals surface area contributed by atoms with Gasteiger partial charge in [-0.05, 0) is 18.6 Å². The van der Waals surface area contributed by atoms with Crippen LogP contribution in [0.4, 0.5) is 11.8 Å². The lowest BCUT2D eigenvalue weighted by molar-refractivity contribution is 0.0951. The molecule has 0 spiro atoms. The van der Waals surface area contributed by atoms with Crippen LogP contribution in [-0.2, 0) is 13.6 Å². The second kappa shape index (κ2) is 5.80. The molecule has 24 heavy (non-hydrogen) atoms. The van der Waals surface area contributed by atoms with Crippen LogP contribution in [0.2, 0.25) is 0 Å². The third kappa shape index (κ3) is 2.62. The Hall–Kier alpha value is -3.16. The van der Waals surface area contributed by atoms with Gasteiger partial charge in [0.1, 0.15) is 11.5 Å². The molecule has 1 aliphatic rings. The van der Waals surface area contributed by atoms with Gasteiger partial charge in [0.05, 0.1) is 11.9 Å². The Morgan fingerprint density at radius 3 is 3.04 bits per heavy atom. The number of fused-ring (bicyclic) bond motifs is 1. The number of aryl methyl sites for hydroxylation is 2. The van der Waals surface area contributed by atoms with Gasteiger partial charge in [-0.15, -0.1) is 0 Å². The van der Waals surface area contributed by atoms with Crippen LogP contribution in [-0.4, -0.2) is 36.8 Å². The van der Waals surface area contributed by atoms with Gasteiger partial charge >= 0.3 is 0 Å². The molecule has 0 aliphatic carbocycles. The van der Waals surface area contributed by atoms with Gasteiger partial charge in [-0.3, -0.25) is 9.48 Å². The Bertz CT molecular complexity index is 895. The maximum atomic E-state index is 12.1. The number of aromatic nitrogens is 5. The first kappa shape index (κ1) is 14.4. The summed E-state index contributed by atoms with van der Waals surface area (Å²) in [6.45, 7) is 1.53. The van der Waals surface area contributed by atoms with Crippen LogP contribution in [0.1, 0.15) is 16.9 Å². The highest BCUT2D eigenvalue weighted by molar-refractivity contribution is 5.94. The van der Waals surface area contributed by atoms with Gasteiger partial charge in [0.2, 0.25) is 5.95 Å². The minimum absolute atomic E-state index is 0.0407. The lowest BCUT2D eigenvalue weighted by Gasteiger charge is -2.05. The van der Waals surface area contributed by atoms with Crippen molar-refractivity contribution in [2.24, 2.45) is 7.05 Å². The maximum absolute atomic E-state index is 12.1. The summed E-state index contributed by atoms with van der Waals surface area (Å²) in [5.74, 6) is 1.25. The van der Waals surface area contributed by atoms with E-state index in [1.165, 1.54) is 0 Å². The lowest BCUT2D eigenvalue weighted by Crippen LogP contribution is -2.22. The Labute approximate surface area is 138 Å². The number of hydrogen-bond acceptors (Lipinski definition) is 5. The topological polar surface area (TPSA) is 89.7 Å². The van der Waals surface area contributed by atoms with Crippen LogP contribution in [0.15, 0.2) is 36.8 Å². The molecular weight excluding hydrogens is 306 g/mol. The largest absolute Gasteiger partial charge is 0.351 e. The smallest absolute Gasteiger partial charge is 0.267 e. The number of nitrogens with zero attached hydrogens (tertiary/aromatic N) is 5. The third-order valence-electron chi connectivity index (χ3n) is 4.00. The molecule has 0 bridgehead atoms. The van der Waals surface area contributed by atoms with Crippen molar-refractivity contribution in [2.75, 3.05) is 11.9 Å². The van der Waals surface area contributed by atoms with Gasteiger partial charge in [0.25, 0.3) is 5.91 Å². The molecule has 8 heteroatoms. The number of anilines is 2. The number of carbonyl (C=O) groups is 1. The minimum atomic E-state index is -0.0407. The molecular formula is C16H17N7O. The molecule has 0 radical (unpaired) electrons. The summed E-state index contributed by atoms with van der Waals surface area (Å²) in [6, 6.07) is 5.55. The number of rotatable bonds is 3. The fourth-order valence-corrected chi connectivity index (χ4v) is 2.76. The van der Waals surface area contributed by atoms with Crippen LogP contribution in [0.25, 0.3) is 11.3 Å².